The van der Waals surface area contributed by atoms with Gasteiger partial charge in [-0.15, -0.1) is 11.3 Å². The van der Waals surface area contributed by atoms with Crippen LogP contribution in [0.4, 0.5) is 0 Å². The number of hydrogen-bond donors (Lipinski definition) is 1. The molecule has 2 nitrogen and oxygen atoms in total. The van der Waals surface area contributed by atoms with E-state index in [-0.39, 0.29) is 0 Å². The third-order valence-electron chi connectivity index (χ3n) is 4.23. The Bertz CT molecular complexity index is 361. The fourth-order valence-corrected chi connectivity index (χ4v) is 4.22. The number of nitrogens with one attached hydrogen (secondary N) is 1. The maximum Gasteiger partial charge on any atom is 0.107 e. The molecule has 1 N–H and O–H groups in total. The van der Waals surface area contributed by atoms with Gasteiger partial charge in [0.25, 0.3) is 0 Å². The Balaban J connectivity index is 1.44. The third-order valence-corrected chi connectivity index (χ3v) is 5.20. The van der Waals surface area contributed by atoms with Crippen LogP contribution in [0.2, 0.25) is 0 Å². The topological polar surface area (TPSA) is 24.9 Å². The molecule has 1 aromatic rings. The SMILES string of the molecule is Cc1csc(CNCC2CC3CCC2C3)n1. The highest BCUT2D eigenvalue weighted by molar-refractivity contribution is 7.09. The minimum absolute atomic E-state index is 0.958. The lowest BCUT2D eigenvalue weighted by atomic mass is 9.89. The van der Waals surface area contributed by atoms with E-state index in [1.54, 1.807) is 11.3 Å². The first-order valence-electron chi connectivity index (χ1n) is 6.43. The van der Waals surface area contributed by atoms with E-state index in [0.29, 0.717) is 0 Å². The molecule has 1 aromatic heterocycles. The van der Waals surface area contributed by atoms with Gasteiger partial charge in [-0.2, -0.15) is 0 Å². The van der Waals surface area contributed by atoms with Crippen LogP contribution in [-0.4, -0.2) is 11.5 Å². The van der Waals surface area contributed by atoms with E-state index < -0.39 is 0 Å². The Hall–Kier alpha value is -0.410. The van der Waals surface area contributed by atoms with Gasteiger partial charge in [-0.05, 0) is 50.5 Å². The number of rotatable bonds is 4. The van der Waals surface area contributed by atoms with Crippen LogP contribution in [0.3, 0.4) is 0 Å². The van der Waals surface area contributed by atoms with Gasteiger partial charge in [0, 0.05) is 17.6 Å². The van der Waals surface area contributed by atoms with E-state index in [1.165, 1.54) is 37.2 Å². The first-order chi connectivity index (χ1) is 7.81. The van der Waals surface area contributed by atoms with Crippen molar-refractivity contribution in [3.8, 4) is 0 Å². The Kier molecular flexibility index (Phi) is 2.99. The monoisotopic (exact) mass is 236 g/mol. The molecule has 0 aromatic carbocycles. The summed E-state index contributed by atoms with van der Waals surface area (Å²) in [6.07, 6.45) is 6.00. The number of hydrogen-bond acceptors (Lipinski definition) is 3. The Labute approximate surface area is 101 Å². The first-order valence-corrected chi connectivity index (χ1v) is 7.31. The zero-order chi connectivity index (χ0) is 11.0. The largest absolute Gasteiger partial charge is 0.310 e. The number of nitrogens with zero attached hydrogens (tertiary/aromatic N) is 1. The molecule has 2 aliphatic carbocycles. The van der Waals surface area contributed by atoms with Crippen molar-refractivity contribution in [3.05, 3.63) is 16.1 Å². The zero-order valence-electron chi connectivity index (χ0n) is 9.91. The predicted octanol–water partition coefficient (Wildman–Crippen LogP) is 2.98. The summed E-state index contributed by atoms with van der Waals surface area (Å²) in [5.41, 5.74) is 1.15. The Morgan fingerprint density at radius 1 is 1.44 bits per heavy atom. The van der Waals surface area contributed by atoms with Crippen molar-refractivity contribution < 1.29 is 0 Å². The van der Waals surface area contributed by atoms with Crippen molar-refractivity contribution in [2.45, 2.75) is 39.2 Å². The van der Waals surface area contributed by atoms with Crippen LogP contribution >= 0.6 is 11.3 Å². The van der Waals surface area contributed by atoms with Crippen molar-refractivity contribution in [3.63, 3.8) is 0 Å². The Morgan fingerprint density at radius 2 is 2.38 bits per heavy atom. The molecule has 2 saturated carbocycles. The summed E-state index contributed by atoms with van der Waals surface area (Å²) >= 11 is 1.77. The molecule has 3 unspecified atom stereocenters. The lowest BCUT2D eigenvalue weighted by molar-refractivity contribution is 0.318. The lowest BCUT2D eigenvalue weighted by Gasteiger charge is -2.21. The molecule has 3 heteroatoms. The smallest absolute Gasteiger partial charge is 0.107 e. The molecule has 0 amide bonds. The molecular weight excluding hydrogens is 216 g/mol. The summed E-state index contributed by atoms with van der Waals surface area (Å²) in [4.78, 5) is 4.48. The molecule has 0 radical (unpaired) electrons. The van der Waals surface area contributed by atoms with Crippen LogP contribution < -0.4 is 5.32 Å². The molecule has 0 saturated heterocycles. The van der Waals surface area contributed by atoms with Crippen molar-refractivity contribution in [1.29, 1.82) is 0 Å². The quantitative estimate of drug-likeness (QED) is 0.869. The first kappa shape index (κ1) is 10.7. The second kappa shape index (κ2) is 4.46. The van der Waals surface area contributed by atoms with Crippen LogP contribution in [0.25, 0.3) is 0 Å². The normalized spacial score (nSPS) is 32.4. The van der Waals surface area contributed by atoms with E-state index in [1.807, 2.05) is 0 Å². The average molecular weight is 236 g/mol. The average Bonchev–Trinajstić information content (AvgIpc) is 2.94. The predicted molar refractivity (Wildman–Crippen MR) is 67.5 cm³/mol. The zero-order valence-corrected chi connectivity index (χ0v) is 10.7. The number of thiazole rings is 1. The minimum Gasteiger partial charge on any atom is -0.310 e. The number of aryl methyl sites for hydroxylation is 1. The fraction of sp³-hybridized carbons (Fsp3) is 0.769. The van der Waals surface area contributed by atoms with Gasteiger partial charge in [0.05, 0.1) is 0 Å². The van der Waals surface area contributed by atoms with E-state index >= 15 is 0 Å². The second-order valence-corrected chi connectivity index (χ2v) is 6.39. The van der Waals surface area contributed by atoms with Crippen LogP contribution in [0, 0.1) is 24.7 Å². The number of aromatic nitrogens is 1. The number of fused-ring (bicyclic) bond motifs is 2. The lowest BCUT2D eigenvalue weighted by Crippen LogP contribution is -2.26. The molecule has 2 aliphatic rings. The molecule has 2 fully saturated rings. The van der Waals surface area contributed by atoms with Gasteiger partial charge in [-0.25, -0.2) is 4.98 Å². The van der Waals surface area contributed by atoms with E-state index in [2.05, 4.69) is 22.6 Å². The molecule has 1 heterocycles. The highest BCUT2D eigenvalue weighted by Crippen LogP contribution is 2.47. The highest BCUT2D eigenvalue weighted by atomic mass is 32.1. The fourth-order valence-electron chi connectivity index (χ4n) is 3.47. The van der Waals surface area contributed by atoms with Crippen molar-refractivity contribution in [1.82, 2.24) is 10.3 Å². The molecule has 16 heavy (non-hydrogen) atoms. The second-order valence-electron chi connectivity index (χ2n) is 5.45. The summed E-state index contributed by atoms with van der Waals surface area (Å²) in [5.74, 6) is 3.06. The summed E-state index contributed by atoms with van der Waals surface area (Å²) in [5, 5.41) is 6.96. The van der Waals surface area contributed by atoms with Crippen LogP contribution in [0.15, 0.2) is 5.38 Å². The summed E-state index contributed by atoms with van der Waals surface area (Å²) in [6, 6.07) is 0. The van der Waals surface area contributed by atoms with Gasteiger partial charge in [0.1, 0.15) is 5.01 Å². The van der Waals surface area contributed by atoms with Crippen molar-refractivity contribution in [2.75, 3.05) is 6.54 Å². The molecule has 2 bridgehead atoms. The Morgan fingerprint density at radius 3 is 3.00 bits per heavy atom. The molecule has 88 valence electrons. The maximum atomic E-state index is 4.48. The molecule has 3 rings (SSSR count). The van der Waals surface area contributed by atoms with Crippen molar-refractivity contribution in [2.24, 2.45) is 17.8 Å². The molecular formula is C13H20N2S. The van der Waals surface area contributed by atoms with Gasteiger partial charge in [0.2, 0.25) is 0 Å². The van der Waals surface area contributed by atoms with Crippen molar-refractivity contribution >= 4 is 11.3 Å². The van der Waals surface area contributed by atoms with Crippen LogP contribution in [-0.2, 0) is 6.54 Å². The molecule has 3 atom stereocenters. The van der Waals surface area contributed by atoms with Crippen LogP contribution in [0.1, 0.15) is 36.4 Å². The van der Waals surface area contributed by atoms with Gasteiger partial charge in [-0.3, -0.25) is 0 Å². The maximum absolute atomic E-state index is 4.48. The van der Waals surface area contributed by atoms with Crippen LogP contribution in [0.5, 0.6) is 0 Å². The van der Waals surface area contributed by atoms with Gasteiger partial charge < -0.3 is 5.32 Å². The van der Waals surface area contributed by atoms with Gasteiger partial charge in [0.15, 0.2) is 0 Å². The van der Waals surface area contributed by atoms with E-state index in [9.17, 15) is 0 Å². The highest BCUT2D eigenvalue weighted by Gasteiger charge is 2.38. The standard InChI is InChI=1S/C13H20N2S/c1-9-8-16-13(15-9)7-14-6-12-5-10-2-3-11(12)4-10/h8,10-12,14H,2-7H2,1H3. The molecule has 0 aliphatic heterocycles. The summed E-state index contributed by atoms with van der Waals surface area (Å²) in [6.45, 7) is 4.24. The van der Waals surface area contributed by atoms with E-state index in [0.717, 1.165) is 30.0 Å². The molecule has 0 spiro atoms. The van der Waals surface area contributed by atoms with Gasteiger partial charge in [-0.1, -0.05) is 6.42 Å². The van der Waals surface area contributed by atoms with Gasteiger partial charge >= 0.3 is 0 Å². The third kappa shape index (κ3) is 2.16. The van der Waals surface area contributed by atoms with E-state index in [4.69, 9.17) is 0 Å². The summed E-state index contributed by atoms with van der Waals surface area (Å²) in [7, 11) is 0. The minimum atomic E-state index is 0.958. The summed E-state index contributed by atoms with van der Waals surface area (Å²) < 4.78 is 0.